The fraction of sp³-hybridized carbons (Fsp3) is 0.333. The zero-order valence-corrected chi connectivity index (χ0v) is 10.5. The first-order valence-electron chi connectivity index (χ1n) is 6.02. The molecule has 1 atom stereocenters. The maximum absolute atomic E-state index is 11.8. The Kier molecular flexibility index (Phi) is 4.26. The van der Waals surface area contributed by atoms with Gasteiger partial charge in [0.15, 0.2) is 0 Å². The highest BCUT2D eigenvalue weighted by Gasteiger charge is 2.23. The summed E-state index contributed by atoms with van der Waals surface area (Å²) in [5.74, 6) is -1.46. The van der Waals surface area contributed by atoms with Crippen LogP contribution in [0.15, 0.2) is 18.3 Å². The second-order valence-corrected chi connectivity index (χ2v) is 4.31. The van der Waals surface area contributed by atoms with Crippen molar-refractivity contribution in [3.8, 4) is 0 Å². The van der Waals surface area contributed by atoms with Crippen molar-refractivity contribution in [1.82, 2.24) is 20.9 Å². The normalized spacial score (nSPS) is 18.2. The molecule has 0 aromatic carbocycles. The van der Waals surface area contributed by atoms with Gasteiger partial charge in [0.2, 0.25) is 11.8 Å². The molecule has 1 aromatic rings. The van der Waals surface area contributed by atoms with E-state index in [0.29, 0.717) is 5.56 Å². The molecule has 0 radical (unpaired) electrons. The van der Waals surface area contributed by atoms with E-state index in [0.717, 1.165) is 0 Å². The number of amides is 2. The van der Waals surface area contributed by atoms with Gasteiger partial charge in [0.25, 0.3) is 0 Å². The summed E-state index contributed by atoms with van der Waals surface area (Å²) in [6.07, 6.45) is 1.40. The van der Waals surface area contributed by atoms with Gasteiger partial charge in [-0.15, -0.1) is 0 Å². The van der Waals surface area contributed by atoms with Crippen LogP contribution in [-0.2, 0) is 16.1 Å². The summed E-state index contributed by atoms with van der Waals surface area (Å²) in [7, 11) is 0. The van der Waals surface area contributed by atoms with Crippen molar-refractivity contribution in [1.29, 1.82) is 0 Å². The topological polar surface area (TPSA) is 120 Å². The van der Waals surface area contributed by atoms with Crippen molar-refractivity contribution >= 4 is 17.8 Å². The first kappa shape index (κ1) is 13.9. The third-order valence-electron chi connectivity index (χ3n) is 2.84. The number of carboxylic acid groups (broad SMARTS) is 1. The molecule has 1 saturated heterocycles. The number of carboxylic acids is 1. The van der Waals surface area contributed by atoms with Gasteiger partial charge in [0.05, 0.1) is 6.54 Å². The Bertz CT molecular complexity index is 519. The molecule has 20 heavy (non-hydrogen) atoms. The first-order valence-corrected chi connectivity index (χ1v) is 6.02. The van der Waals surface area contributed by atoms with E-state index in [1.54, 1.807) is 6.07 Å². The Hall–Kier alpha value is -2.48. The fourth-order valence-electron chi connectivity index (χ4n) is 1.72. The van der Waals surface area contributed by atoms with Gasteiger partial charge in [0.1, 0.15) is 11.7 Å². The van der Waals surface area contributed by atoms with Crippen LogP contribution in [0.2, 0.25) is 0 Å². The molecular weight excluding hydrogens is 264 g/mol. The van der Waals surface area contributed by atoms with Crippen molar-refractivity contribution < 1.29 is 19.5 Å². The van der Waals surface area contributed by atoms with E-state index in [2.05, 4.69) is 20.9 Å². The second kappa shape index (κ2) is 6.11. The smallest absolute Gasteiger partial charge is 0.354 e. The zero-order valence-electron chi connectivity index (χ0n) is 10.5. The van der Waals surface area contributed by atoms with E-state index in [-0.39, 0.29) is 37.1 Å². The maximum atomic E-state index is 11.8. The van der Waals surface area contributed by atoms with Gasteiger partial charge >= 0.3 is 5.97 Å². The molecule has 106 valence electrons. The average Bonchev–Trinajstić information content (AvgIpc) is 2.46. The number of carbonyl (C=O) groups is 3. The number of nitrogens with zero attached hydrogens (tertiary/aromatic N) is 1. The van der Waals surface area contributed by atoms with Crippen LogP contribution in [0, 0.1) is 0 Å². The SMILES string of the molecule is O=C1CNC(C(=O)NCc2ccc(C(=O)O)nc2)CN1. The van der Waals surface area contributed by atoms with Gasteiger partial charge < -0.3 is 15.7 Å². The Morgan fingerprint density at radius 1 is 1.45 bits per heavy atom. The van der Waals surface area contributed by atoms with Crippen LogP contribution < -0.4 is 16.0 Å². The van der Waals surface area contributed by atoms with Crippen molar-refractivity contribution in [2.24, 2.45) is 0 Å². The molecule has 1 unspecified atom stereocenters. The lowest BCUT2D eigenvalue weighted by Crippen LogP contribution is -2.57. The number of pyridine rings is 1. The highest BCUT2D eigenvalue weighted by molar-refractivity contribution is 5.87. The molecule has 2 amide bonds. The van der Waals surface area contributed by atoms with Crippen LogP contribution in [0.1, 0.15) is 16.1 Å². The maximum Gasteiger partial charge on any atom is 0.354 e. The number of carbonyl (C=O) groups excluding carboxylic acids is 2. The van der Waals surface area contributed by atoms with Crippen LogP contribution in [-0.4, -0.2) is 47.0 Å². The molecule has 0 bridgehead atoms. The van der Waals surface area contributed by atoms with Crippen LogP contribution in [0.5, 0.6) is 0 Å². The van der Waals surface area contributed by atoms with Crippen LogP contribution >= 0.6 is 0 Å². The van der Waals surface area contributed by atoms with E-state index >= 15 is 0 Å². The number of hydrogen-bond acceptors (Lipinski definition) is 5. The van der Waals surface area contributed by atoms with Gasteiger partial charge in [-0.25, -0.2) is 9.78 Å². The third kappa shape index (κ3) is 3.51. The van der Waals surface area contributed by atoms with Gasteiger partial charge in [-0.3, -0.25) is 14.9 Å². The quantitative estimate of drug-likeness (QED) is 0.531. The second-order valence-electron chi connectivity index (χ2n) is 4.31. The standard InChI is InChI=1S/C12H14N4O4/c17-10-6-14-9(5-15-10)11(18)16-4-7-1-2-8(12(19)20)13-3-7/h1-3,9,14H,4-6H2,(H,15,17)(H,16,18)(H,19,20). The van der Waals surface area contributed by atoms with Gasteiger partial charge in [-0.1, -0.05) is 6.07 Å². The monoisotopic (exact) mass is 278 g/mol. The first-order chi connectivity index (χ1) is 9.56. The minimum Gasteiger partial charge on any atom is -0.477 e. The number of aromatic nitrogens is 1. The van der Waals surface area contributed by atoms with Crippen molar-refractivity contribution in [3.05, 3.63) is 29.6 Å². The summed E-state index contributed by atoms with van der Waals surface area (Å²) in [6.45, 7) is 0.617. The number of hydrogen-bond donors (Lipinski definition) is 4. The number of rotatable bonds is 4. The van der Waals surface area contributed by atoms with E-state index < -0.39 is 12.0 Å². The summed E-state index contributed by atoms with van der Waals surface area (Å²) in [5.41, 5.74) is 0.653. The molecule has 1 fully saturated rings. The molecule has 1 aromatic heterocycles. The van der Waals surface area contributed by atoms with Crippen LogP contribution in [0.3, 0.4) is 0 Å². The Labute approximate surface area is 114 Å². The summed E-state index contributed by atoms with van der Waals surface area (Å²) in [4.78, 5) is 37.1. The summed E-state index contributed by atoms with van der Waals surface area (Å²) < 4.78 is 0. The number of aromatic carboxylic acids is 1. The Balaban J connectivity index is 1.84. The van der Waals surface area contributed by atoms with E-state index in [4.69, 9.17) is 5.11 Å². The molecule has 2 heterocycles. The highest BCUT2D eigenvalue weighted by atomic mass is 16.4. The molecule has 8 nitrogen and oxygen atoms in total. The minimum atomic E-state index is -1.09. The molecule has 1 aliphatic heterocycles. The predicted molar refractivity (Wildman–Crippen MR) is 67.8 cm³/mol. The lowest BCUT2D eigenvalue weighted by molar-refractivity contribution is -0.126. The largest absolute Gasteiger partial charge is 0.477 e. The number of piperazine rings is 1. The van der Waals surface area contributed by atoms with E-state index in [1.165, 1.54) is 12.3 Å². The summed E-state index contributed by atoms with van der Waals surface area (Å²) in [6, 6.07) is 2.51. The highest BCUT2D eigenvalue weighted by Crippen LogP contribution is 2.00. The van der Waals surface area contributed by atoms with Gasteiger partial charge in [0, 0.05) is 19.3 Å². The zero-order chi connectivity index (χ0) is 14.5. The molecule has 0 aliphatic carbocycles. The summed E-state index contributed by atoms with van der Waals surface area (Å²) >= 11 is 0. The minimum absolute atomic E-state index is 0.0447. The van der Waals surface area contributed by atoms with Gasteiger partial charge in [-0.2, -0.15) is 0 Å². The Morgan fingerprint density at radius 3 is 2.80 bits per heavy atom. The molecule has 2 rings (SSSR count). The van der Waals surface area contributed by atoms with Crippen molar-refractivity contribution in [2.45, 2.75) is 12.6 Å². The molecule has 0 saturated carbocycles. The lowest BCUT2D eigenvalue weighted by atomic mass is 10.2. The molecular formula is C12H14N4O4. The third-order valence-corrected chi connectivity index (χ3v) is 2.84. The fourth-order valence-corrected chi connectivity index (χ4v) is 1.72. The molecule has 0 spiro atoms. The van der Waals surface area contributed by atoms with E-state index in [9.17, 15) is 14.4 Å². The van der Waals surface area contributed by atoms with Crippen LogP contribution in [0.4, 0.5) is 0 Å². The van der Waals surface area contributed by atoms with Crippen molar-refractivity contribution in [2.75, 3.05) is 13.1 Å². The number of nitrogens with one attached hydrogen (secondary N) is 3. The van der Waals surface area contributed by atoms with Crippen LogP contribution in [0.25, 0.3) is 0 Å². The molecule has 4 N–H and O–H groups in total. The molecule has 1 aliphatic rings. The van der Waals surface area contributed by atoms with Crippen molar-refractivity contribution in [3.63, 3.8) is 0 Å². The Morgan fingerprint density at radius 2 is 2.25 bits per heavy atom. The average molecular weight is 278 g/mol. The van der Waals surface area contributed by atoms with E-state index in [1.807, 2.05) is 0 Å². The molecule has 8 heteroatoms. The predicted octanol–water partition coefficient (Wildman–Crippen LogP) is -1.52. The van der Waals surface area contributed by atoms with Gasteiger partial charge in [-0.05, 0) is 11.6 Å². The summed E-state index contributed by atoms with van der Waals surface area (Å²) in [5, 5.41) is 16.8. The lowest BCUT2D eigenvalue weighted by Gasteiger charge is -2.23.